The maximum Gasteiger partial charge on any atom is 0.329 e. The van der Waals surface area contributed by atoms with E-state index in [4.69, 9.17) is 34.4 Å². The molecule has 1 aromatic carbocycles. The normalized spacial score (nSPS) is 11.4. The Morgan fingerprint density at radius 2 is 1.96 bits per heavy atom. The van der Waals surface area contributed by atoms with E-state index in [0.717, 1.165) is 0 Å². The van der Waals surface area contributed by atoms with E-state index < -0.39 is 30.4 Å². The lowest BCUT2D eigenvalue weighted by Gasteiger charge is -2.21. The van der Waals surface area contributed by atoms with Crippen LogP contribution in [0.5, 0.6) is 0 Å². The molecular weight excluding hydrogens is 367 g/mol. The zero-order chi connectivity index (χ0) is 19.0. The summed E-state index contributed by atoms with van der Waals surface area (Å²) in [5.74, 6) is 0.156. The van der Waals surface area contributed by atoms with E-state index in [1.807, 2.05) is 0 Å². The third-order valence-electron chi connectivity index (χ3n) is 3.12. The molecule has 0 unspecified atom stereocenters. The van der Waals surface area contributed by atoms with Crippen LogP contribution in [0.3, 0.4) is 0 Å². The van der Waals surface area contributed by atoms with Gasteiger partial charge in [-0.2, -0.15) is 0 Å². The van der Waals surface area contributed by atoms with Crippen molar-refractivity contribution in [3.8, 4) is 12.3 Å². The van der Waals surface area contributed by atoms with Crippen LogP contribution in [-0.4, -0.2) is 37.0 Å². The van der Waals surface area contributed by atoms with Gasteiger partial charge in [-0.15, -0.1) is 6.42 Å². The largest absolute Gasteiger partial charge is 0.454 e. The number of amides is 2. The molecule has 1 rings (SSSR count). The third-order valence-corrected chi connectivity index (χ3v) is 3.66. The van der Waals surface area contributed by atoms with Crippen LogP contribution in [-0.2, 0) is 14.3 Å². The van der Waals surface area contributed by atoms with Crippen LogP contribution in [0.4, 0.5) is 0 Å². The van der Waals surface area contributed by atoms with Crippen molar-refractivity contribution in [1.29, 1.82) is 0 Å². The molecule has 0 heterocycles. The minimum atomic E-state index is -0.945. The number of terminal acetylenes is 1. The number of carbonyl (C=O) groups is 3. The Kier molecular flexibility index (Phi) is 8.26. The molecule has 134 valence electrons. The van der Waals surface area contributed by atoms with E-state index in [1.54, 1.807) is 13.8 Å². The molecule has 0 bridgehead atoms. The highest BCUT2D eigenvalue weighted by Crippen LogP contribution is 2.21. The van der Waals surface area contributed by atoms with E-state index in [0.29, 0.717) is 5.02 Å². The molecule has 2 amide bonds. The maximum atomic E-state index is 12.3. The van der Waals surface area contributed by atoms with Crippen LogP contribution in [0, 0.1) is 18.3 Å². The molecule has 8 heteroatoms. The van der Waals surface area contributed by atoms with Crippen LogP contribution in [0.1, 0.15) is 24.2 Å². The zero-order valence-electron chi connectivity index (χ0n) is 13.8. The highest BCUT2D eigenvalue weighted by atomic mass is 35.5. The van der Waals surface area contributed by atoms with Gasteiger partial charge in [0.1, 0.15) is 6.04 Å². The van der Waals surface area contributed by atoms with Gasteiger partial charge in [-0.25, -0.2) is 4.79 Å². The molecular formula is C17H18Cl2N2O4. The van der Waals surface area contributed by atoms with Crippen LogP contribution < -0.4 is 10.6 Å². The molecule has 0 aliphatic carbocycles. The number of halogens is 2. The Morgan fingerprint density at radius 1 is 1.28 bits per heavy atom. The zero-order valence-corrected chi connectivity index (χ0v) is 15.3. The Labute approximate surface area is 156 Å². The van der Waals surface area contributed by atoms with Gasteiger partial charge in [0.05, 0.1) is 17.1 Å². The van der Waals surface area contributed by atoms with E-state index >= 15 is 0 Å². The molecule has 1 atom stereocenters. The van der Waals surface area contributed by atoms with Gasteiger partial charge in [0, 0.05) is 5.02 Å². The lowest BCUT2D eigenvalue weighted by molar-refractivity contribution is -0.151. The Morgan fingerprint density at radius 3 is 2.52 bits per heavy atom. The minimum Gasteiger partial charge on any atom is -0.454 e. The maximum absolute atomic E-state index is 12.3. The topological polar surface area (TPSA) is 84.5 Å². The third kappa shape index (κ3) is 6.65. The van der Waals surface area contributed by atoms with Gasteiger partial charge in [-0.05, 0) is 24.1 Å². The number of rotatable bonds is 7. The predicted octanol–water partition coefficient (Wildman–Crippen LogP) is 2.04. The molecule has 0 aliphatic heterocycles. The molecule has 0 aliphatic rings. The van der Waals surface area contributed by atoms with Gasteiger partial charge in [0.25, 0.3) is 11.8 Å². The second-order valence-corrected chi connectivity index (χ2v) is 6.25. The molecule has 2 N–H and O–H groups in total. The number of benzene rings is 1. The average molecular weight is 385 g/mol. The van der Waals surface area contributed by atoms with Crippen LogP contribution >= 0.6 is 23.2 Å². The SMILES string of the molecule is C#CCNC(=O)COC(=O)[C@@H](NC(=O)c1ccc(Cl)cc1Cl)C(C)C. The summed E-state index contributed by atoms with van der Waals surface area (Å²) in [6, 6.07) is 3.45. The Hall–Kier alpha value is -2.23. The van der Waals surface area contributed by atoms with Gasteiger partial charge >= 0.3 is 5.97 Å². The molecule has 0 saturated carbocycles. The van der Waals surface area contributed by atoms with Crippen molar-refractivity contribution >= 4 is 41.0 Å². The number of hydrogen-bond acceptors (Lipinski definition) is 4. The van der Waals surface area contributed by atoms with Gasteiger partial charge in [0.15, 0.2) is 6.61 Å². The lowest BCUT2D eigenvalue weighted by atomic mass is 10.0. The van der Waals surface area contributed by atoms with Gasteiger partial charge < -0.3 is 15.4 Å². The van der Waals surface area contributed by atoms with Crippen LogP contribution in [0.25, 0.3) is 0 Å². The second-order valence-electron chi connectivity index (χ2n) is 5.41. The number of nitrogens with one attached hydrogen (secondary N) is 2. The molecule has 6 nitrogen and oxygen atoms in total. The molecule has 0 spiro atoms. The number of carbonyl (C=O) groups excluding carboxylic acids is 3. The van der Waals surface area contributed by atoms with Crippen molar-refractivity contribution < 1.29 is 19.1 Å². The quantitative estimate of drug-likeness (QED) is 0.556. The highest BCUT2D eigenvalue weighted by molar-refractivity contribution is 6.36. The standard InChI is InChI=1S/C17H18Cl2N2O4/c1-4-7-20-14(22)9-25-17(24)15(10(2)3)21-16(23)12-6-5-11(18)8-13(12)19/h1,5-6,8,10,15H,7,9H2,2-3H3,(H,20,22)(H,21,23)/t15-/m0/s1. The first-order valence-electron chi connectivity index (χ1n) is 7.39. The van der Waals surface area contributed by atoms with Gasteiger partial charge in [-0.1, -0.05) is 43.0 Å². The van der Waals surface area contributed by atoms with Crippen molar-refractivity contribution in [2.45, 2.75) is 19.9 Å². The van der Waals surface area contributed by atoms with Gasteiger partial charge in [-0.3, -0.25) is 9.59 Å². The first-order valence-corrected chi connectivity index (χ1v) is 8.14. The molecule has 0 saturated heterocycles. The van der Waals surface area contributed by atoms with Crippen molar-refractivity contribution in [1.82, 2.24) is 10.6 Å². The highest BCUT2D eigenvalue weighted by Gasteiger charge is 2.27. The number of esters is 1. The first-order chi connectivity index (χ1) is 11.8. The second kappa shape index (κ2) is 9.92. The monoisotopic (exact) mass is 384 g/mol. The van der Waals surface area contributed by atoms with Crippen LogP contribution in [0.15, 0.2) is 18.2 Å². The van der Waals surface area contributed by atoms with E-state index in [2.05, 4.69) is 16.6 Å². The Balaban J connectivity index is 2.73. The molecule has 25 heavy (non-hydrogen) atoms. The molecule has 0 aromatic heterocycles. The van der Waals surface area contributed by atoms with Crippen molar-refractivity contribution in [3.63, 3.8) is 0 Å². The summed E-state index contributed by atoms with van der Waals surface area (Å²) in [6.45, 7) is 3.01. The summed E-state index contributed by atoms with van der Waals surface area (Å²) in [7, 11) is 0. The van der Waals surface area contributed by atoms with E-state index in [9.17, 15) is 14.4 Å². The van der Waals surface area contributed by atoms with Crippen molar-refractivity contribution in [2.75, 3.05) is 13.2 Å². The molecule has 0 fully saturated rings. The summed E-state index contributed by atoms with van der Waals surface area (Å²) in [6.07, 6.45) is 5.01. The smallest absolute Gasteiger partial charge is 0.329 e. The average Bonchev–Trinajstić information content (AvgIpc) is 2.55. The van der Waals surface area contributed by atoms with Crippen LogP contribution in [0.2, 0.25) is 10.0 Å². The number of hydrogen-bond donors (Lipinski definition) is 2. The summed E-state index contributed by atoms with van der Waals surface area (Å²) < 4.78 is 4.92. The summed E-state index contributed by atoms with van der Waals surface area (Å²) in [4.78, 5) is 35.9. The summed E-state index contributed by atoms with van der Waals surface area (Å²) in [5.41, 5.74) is 0.177. The van der Waals surface area contributed by atoms with Crippen molar-refractivity contribution in [3.05, 3.63) is 33.8 Å². The Bertz CT molecular complexity index is 698. The summed E-state index contributed by atoms with van der Waals surface area (Å²) >= 11 is 11.8. The molecule has 1 aromatic rings. The van der Waals surface area contributed by atoms with Gasteiger partial charge in [0.2, 0.25) is 0 Å². The number of ether oxygens (including phenoxy) is 1. The minimum absolute atomic E-state index is 0.0375. The van der Waals surface area contributed by atoms with E-state index in [1.165, 1.54) is 18.2 Å². The fourth-order valence-electron chi connectivity index (χ4n) is 1.82. The first kappa shape index (κ1) is 20.8. The lowest BCUT2D eigenvalue weighted by Crippen LogP contribution is -2.46. The molecule has 0 radical (unpaired) electrons. The predicted molar refractivity (Wildman–Crippen MR) is 95.4 cm³/mol. The summed E-state index contributed by atoms with van der Waals surface area (Å²) in [5, 5.41) is 5.47. The van der Waals surface area contributed by atoms with Crippen molar-refractivity contribution in [2.24, 2.45) is 5.92 Å². The fourth-order valence-corrected chi connectivity index (χ4v) is 2.31. The van der Waals surface area contributed by atoms with E-state index in [-0.39, 0.29) is 23.0 Å². The fraction of sp³-hybridized carbons (Fsp3) is 0.353.